The number of benzene rings is 9. The third-order valence-corrected chi connectivity index (χ3v) is 14.2. The molecule has 0 fully saturated rings. The number of anilines is 4. The Bertz CT molecular complexity index is 3690. The summed E-state index contributed by atoms with van der Waals surface area (Å²) in [4.78, 5) is 9.68. The van der Waals surface area contributed by atoms with Gasteiger partial charge in [0.25, 0.3) is 0 Å². The standard InChI is InChI=1S/C66H54BN4.Pt/c1-65(2,3)56-33-21-34-57(66(4,5)6)62(56)67(49-38-39-55-54-30-15-16-35-58(54)71(60(55)43-49)61-36-17-18-41-68-61)48-27-19-28-50(42-48)69-44-70(64-53-29-14-13-26-47(53)37-40-59(64)69)63-51(45-22-9-7-10-23-45)31-20-32-52(63)46-24-11-8-12-25-46;/h7-41,44H,1-6H3;/q-3;. The Morgan fingerprint density at radius 1 is 0.472 bits per heavy atom. The summed E-state index contributed by atoms with van der Waals surface area (Å²) in [6.45, 7) is 16.1. The SMILES string of the molecule is CC(C)(C)c1cccc(C(C)(C)C)c1B(c1[c-]c(N2[CH-]N(c3c(-c4ccccc4)cccc3-c3ccccc3)c3c2ccc2ccccc32)ccc1)c1[c-]c2c(cc1)c1ccccc1n2-c1ccccn1.[Pt]. The molecule has 3 heterocycles. The van der Waals surface area contributed by atoms with Gasteiger partial charge in [0.05, 0.1) is 0 Å². The van der Waals surface area contributed by atoms with Gasteiger partial charge in [-0.05, 0) is 68.1 Å². The molecule has 0 N–H and O–H groups in total. The van der Waals surface area contributed by atoms with Crippen molar-refractivity contribution in [1.82, 2.24) is 9.55 Å². The molecule has 0 saturated heterocycles. The monoisotopic (exact) mass is 1110 g/mol. The molecule has 0 radical (unpaired) electrons. The van der Waals surface area contributed by atoms with E-state index in [1.165, 1.54) is 32.7 Å². The minimum Gasteiger partial charge on any atom is -0.493 e. The van der Waals surface area contributed by atoms with Crippen molar-refractivity contribution in [3.63, 3.8) is 0 Å². The molecule has 0 spiro atoms. The maximum atomic E-state index is 4.90. The van der Waals surface area contributed by atoms with E-state index < -0.39 is 0 Å². The molecule has 2 aromatic heterocycles. The Morgan fingerprint density at radius 3 is 1.74 bits per heavy atom. The van der Waals surface area contributed by atoms with E-state index in [4.69, 9.17) is 4.98 Å². The third-order valence-electron chi connectivity index (χ3n) is 14.2. The van der Waals surface area contributed by atoms with Crippen LogP contribution in [0.3, 0.4) is 0 Å². The van der Waals surface area contributed by atoms with Crippen molar-refractivity contribution >= 4 is 78.4 Å². The molecule has 6 heteroatoms. The predicted molar refractivity (Wildman–Crippen MR) is 301 cm³/mol. The number of nitrogens with zero attached hydrogens (tertiary/aromatic N) is 4. The summed E-state index contributed by atoms with van der Waals surface area (Å²) in [7, 11) is 0. The maximum Gasteiger partial charge on any atom is 0.192 e. The van der Waals surface area contributed by atoms with Gasteiger partial charge in [-0.15, -0.1) is 17.7 Å². The second kappa shape index (κ2) is 18.6. The summed E-state index contributed by atoms with van der Waals surface area (Å²) in [5, 5.41) is 4.69. The van der Waals surface area contributed by atoms with Gasteiger partial charge in [-0.3, -0.25) is 0 Å². The second-order valence-electron chi connectivity index (χ2n) is 20.9. The van der Waals surface area contributed by atoms with Crippen LogP contribution >= 0.6 is 0 Å². The van der Waals surface area contributed by atoms with Gasteiger partial charge in [0.2, 0.25) is 0 Å². The van der Waals surface area contributed by atoms with E-state index in [-0.39, 0.29) is 38.6 Å². The minimum absolute atomic E-state index is 0. The number of hydrogen-bond acceptors (Lipinski definition) is 3. The van der Waals surface area contributed by atoms with Gasteiger partial charge in [-0.1, -0.05) is 204 Å². The van der Waals surface area contributed by atoms with Crippen molar-refractivity contribution in [3.05, 3.63) is 242 Å². The smallest absolute Gasteiger partial charge is 0.192 e. The van der Waals surface area contributed by atoms with Crippen molar-refractivity contribution < 1.29 is 21.1 Å². The average Bonchev–Trinajstić information content (AvgIpc) is 3.95. The quantitative estimate of drug-likeness (QED) is 0.112. The van der Waals surface area contributed by atoms with E-state index in [1.807, 2.05) is 12.3 Å². The number of rotatable bonds is 8. The second-order valence-corrected chi connectivity index (χ2v) is 20.9. The summed E-state index contributed by atoms with van der Waals surface area (Å²) in [5.74, 6) is 0.868. The van der Waals surface area contributed by atoms with Crippen molar-refractivity contribution in [2.45, 2.75) is 52.4 Å². The van der Waals surface area contributed by atoms with Crippen LogP contribution in [0.5, 0.6) is 0 Å². The average molecular weight is 1110 g/mol. The Hall–Kier alpha value is -7.46. The molecular weight excluding hydrogens is 1050 g/mol. The largest absolute Gasteiger partial charge is 0.493 e. The van der Waals surface area contributed by atoms with Crippen LogP contribution in [0.2, 0.25) is 0 Å². The van der Waals surface area contributed by atoms with E-state index in [0.29, 0.717) is 0 Å². The van der Waals surface area contributed by atoms with Gasteiger partial charge < -0.3 is 14.4 Å². The van der Waals surface area contributed by atoms with E-state index in [2.05, 4.69) is 275 Å². The third kappa shape index (κ3) is 8.14. The molecule has 4 nitrogen and oxygen atoms in total. The fourth-order valence-electron chi connectivity index (χ4n) is 11.0. The molecule has 72 heavy (non-hydrogen) atoms. The van der Waals surface area contributed by atoms with Gasteiger partial charge >= 0.3 is 0 Å². The van der Waals surface area contributed by atoms with Gasteiger partial charge in [-0.2, -0.15) is 53.4 Å². The fourth-order valence-corrected chi connectivity index (χ4v) is 11.0. The molecule has 0 unspecified atom stereocenters. The van der Waals surface area contributed by atoms with Crippen LogP contribution in [0, 0.1) is 18.8 Å². The zero-order chi connectivity index (χ0) is 48.4. The van der Waals surface area contributed by atoms with Crippen molar-refractivity contribution in [1.29, 1.82) is 0 Å². The topological polar surface area (TPSA) is 24.3 Å². The Kier molecular flexibility index (Phi) is 12.1. The van der Waals surface area contributed by atoms with Crippen LogP contribution in [0.25, 0.3) is 60.6 Å². The molecule has 12 rings (SSSR count). The number of fused-ring (bicyclic) bond motifs is 6. The van der Waals surface area contributed by atoms with Gasteiger partial charge in [0.15, 0.2) is 6.71 Å². The number of aromatic nitrogens is 2. The molecule has 354 valence electrons. The van der Waals surface area contributed by atoms with Gasteiger partial charge in [-0.25, -0.2) is 4.98 Å². The zero-order valence-electron chi connectivity index (χ0n) is 41.5. The Balaban J connectivity index is 0.00000560. The first-order valence-corrected chi connectivity index (χ1v) is 24.7. The summed E-state index contributed by atoms with van der Waals surface area (Å²) < 4.78 is 2.28. The molecule has 1 aliphatic heterocycles. The van der Waals surface area contributed by atoms with E-state index in [9.17, 15) is 0 Å². The molecular formula is C66H54BN4Pt-3. The molecule has 9 aromatic carbocycles. The molecule has 0 saturated carbocycles. The van der Waals surface area contributed by atoms with Crippen molar-refractivity contribution in [2.75, 3.05) is 9.80 Å². The molecule has 1 aliphatic rings. The van der Waals surface area contributed by atoms with E-state index >= 15 is 0 Å². The van der Waals surface area contributed by atoms with Crippen LogP contribution in [0.4, 0.5) is 22.7 Å². The first kappa shape index (κ1) is 46.9. The number of pyridine rings is 1. The normalized spacial score (nSPS) is 12.6. The summed E-state index contributed by atoms with van der Waals surface area (Å²) >= 11 is 0. The minimum atomic E-state index is -0.225. The summed E-state index contributed by atoms with van der Waals surface area (Å²) in [6.07, 6.45) is 1.87. The molecule has 0 aliphatic carbocycles. The van der Waals surface area contributed by atoms with Crippen LogP contribution in [0.15, 0.2) is 212 Å². The summed E-state index contributed by atoms with van der Waals surface area (Å²) in [5.41, 5.74) is 16.8. The van der Waals surface area contributed by atoms with E-state index in [1.54, 1.807) is 0 Å². The van der Waals surface area contributed by atoms with Gasteiger partial charge in [0, 0.05) is 66.4 Å². The van der Waals surface area contributed by atoms with E-state index in [0.717, 1.165) is 78.2 Å². The number of hydrogen-bond donors (Lipinski definition) is 0. The molecule has 0 atom stereocenters. The van der Waals surface area contributed by atoms with Crippen LogP contribution in [-0.4, -0.2) is 16.3 Å². The van der Waals surface area contributed by atoms with Crippen LogP contribution in [0.1, 0.15) is 52.7 Å². The zero-order valence-corrected chi connectivity index (χ0v) is 43.7. The molecule has 0 bridgehead atoms. The first-order chi connectivity index (χ1) is 34.5. The van der Waals surface area contributed by atoms with Crippen LogP contribution in [-0.2, 0) is 31.9 Å². The summed E-state index contributed by atoms with van der Waals surface area (Å²) in [6, 6.07) is 82.9. The predicted octanol–water partition coefficient (Wildman–Crippen LogP) is 14.8. The molecule has 0 amide bonds. The first-order valence-electron chi connectivity index (χ1n) is 24.7. The maximum absolute atomic E-state index is 4.90. The molecule has 11 aromatic rings. The fraction of sp³-hybridized carbons (Fsp3) is 0.121. The van der Waals surface area contributed by atoms with Crippen molar-refractivity contribution in [2.24, 2.45) is 0 Å². The Morgan fingerprint density at radius 2 is 1.07 bits per heavy atom. The van der Waals surface area contributed by atoms with Crippen LogP contribution < -0.4 is 26.2 Å². The van der Waals surface area contributed by atoms with Gasteiger partial charge in [0.1, 0.15) is 5.82 Å². The Labute approximate surface area is 439 Å². The number of para-hydroxylation sites is 2. The van der Waals surface area contributed by atoms with Crippen molar-refractivity contribution in [3.8, 4) is 28.1 Å².